The number of benzene rings is 1. The summed E-state index contributed by atoms with van der Waals surface area (Å²) >= 11 is 0. The van der Waals surface area contributed by atoms with Gasteiger partial charge in [0.25, 0.3) is 5.56 Å². The van der Waals surface area contributed by atoms with Gasteiger partial charge in [0.2, 0.25) is 5.82 Å². The summed E-state index contributed by atoms with van der Waals surface area (Å²) in [5, 5.41) is 0. The summed E-state index contributed by atoms with van der Waals surface area (Å²) < 4.78 is 77.5. The first-order valence-electron chi connectivity index (χ1n) is 7.20. The van der Waals surface area contributed by atoms with Crippen LogP contribution in [-0.2, 0) is 25.7 Å². The summed E-state index contributed by atoms with van der Waals surface area (Å²) in [5.74, 6) is -5.59. The molecule has 1 aromatic heterocycles. The molecule has 25 heavy (non-hydrogen) atoms. The molecule has 3 rings (SSSR count). The summed E-state index contributed by atoms with van der Waals surface area (Å²) in [6.07, 6.45) is -4.68. The molecule has 0 saturated carbocycles. The van der Waals surface area contributed by atoms with E-state index in [-0.39, 0.29) is 42.9 Å². The maximum atomic E-state index is 13.2. The number of hydrogen-bond donors (Lipinski definition) is 1. The predicted molar refractivity (Wildman–Crippen MR) is 74.0 cm³/mol. The molecule has 1 aliphatic heterocycles. The van der Waals surface area contributed by atoms with Gasteiger partial charge in [0.05, 0.1) is 11.3 Å². The molecule has 0 saturated heterocycles. The highest BCUT2D eigenvalue weighted by molar-refractivity contribution is 5.23. The van der Waals surface area contributed by atoms with Gasteiger partial charge in [-0.1, -0.05) is 0 Å². The van der Waals surface area contributed by atoms with E-state index in [0.717, 1.165) is 12.1 Å². The molecule has 0 fully saturated rings. The van der Waals surface area contributed by atoms with Gasteiger partial charge in [0, 0.05) is 26.1 Å². The van der Waals surface area contributed by atoms with Crippen molar-refractivity contribution in [2.45, 2.75) is 25.7 Å². The summed E-state index contributed by atoms with van der Waals surface area (Å²) in [4.78, 5) is 18.6. The molecule has 0 unspecified atom stereocenters. The molecule has 0 spiro atoms. The maximum absolute atomic E-state index is 13.2. The minimum atomic E-state index is -4.76. The lowest BCUT2D eigenvalue weighted by Crippen LogP contribution is -2.36. The Labute approximate surface area is 137 Å². The minimum absolute atomic E-state index is 0.00796. The van der Waals surface area contributed by atoms with Crippen LogP contribution in [0.4, 0.5) is 26.3 Å². The topological polar surface area (TPSA) is 49.0 Å². The highest BCUT2D eigenvalue weighted by Crippen LogP contribution is 2.27. The van der Waals surface area contributed by atoms with Crippen LogP contribution in [0, 0.1) is 17.5 Å². The molecule has 4 nitrogen and oxygen atoms in total. The third kappa shape index (κ3) is 3.53. The second-order valence-electron chi connectivity index (χ2n) is 5.67. The fraction of sp³-hybridized carbons (Fsp3) is 0.333. The predicted octanol–water partition coefficient (Wildman–Crippen LogP) is 2.76. The average molecular weight is 363 g/mol. The van der Waals surface area contributed by atoms with Crippen molar-refractivity contribution in [1.82, 2.24) is 14.9 Å². The molecule has 10 heteroatoms. The molecule has 1 N–H and O–H groups in total. The van der Waals surface area contributed by atoms with Crippen LogP contribution >= 0.6 is 0 Å². The summed E-state index contributed by atoms with van der Waals surface area (Å²) in [7, 11) is 0. The molecule has 0 amide bonds. The van der Waals surface area contributed by atoms with Crippen LogP contribution in [0.1, 0.15) is 22.6 Å². The van der Waals surface area contributed by atoms with Gasteiger partial charge in [-0.25, -0.2) is 18.2 Å². The number of alkyl halides is 3. The van der Waals surface area contributed by atoms with E-state index in [1.54, 1.807) is 9.88 Å². The number of H-pyrrole nitrogens is 1. The van der Waals surface area contributed by atoms with Gasteiger partial charge in [-0.3, -0.25) is 9.69 Å². The number of halogens is 6. The van der Waals surface area contributed by atoms with Crippen LogP contribution in [0.15, 0.2) is 16.9 Å². The second kappa shape index (κ2) is 6.17. The van der Waals surface area contributed by atoms with Crippen molar-refractivity contribution in [2.24, 2.45) is 0 Å². The summed E-state index contributed by atoms with van der Waals surface area (Å²) in [5.41, 5.74) is -0.638. The smallest absolute Gasteiger partial charge is 0.303 e. The van der Waals surface area contributed by atoms with Crippen molar-refractivity contribution in [3.8, 4) is 0 Å². The molecule has 0 radical (unpaired) electrons. The fourth-order valence-electron chi connectivity index (χ4n) is 2.71. The van der Waals surface area contributed by atoms with E-state index in [4.69, 9.17) is 0 Å². The van der Waals surface area contributed by atoms with E-state index in [0.29, 0.717) is 0 Å². The van der Waals surface area contributed by atoms with Gasteiger partial charge in [-0.05, 0) is 17.7 Å². The molecule has 1 aromatic carbocycles. The second-order valence-corrected chi connectivity index (χ2v) is 5.67. The molecule has 1 aliphatic rings. The van der Waals surface area contributed by atoms with E-state index < -0.39 is 35.0 Å². The van der Waals surface area contributed by atoms with Gasteiger partial charge in [-0.15, -0.1) is 0 Å². The van der Waals surface area contributed by atoms with E-state index in [9.17, 15) is 31.1 Å². The lowest BCUT2D eigenvalue weighted by molar-refractivity contribution is -0.145. The Morgan fingerprint density at radius 2 is 1.80 bits per heavy atom. The van der Waals surface area contributed by atoms with Gasteiger partial charge >= 0.3 is 6.18 Å². The monoisotopic (exact) mass is 363 g/mol. The maximum Gasteiger partial charge on any atom is 0.449 e. The lowest BCUT2D eigenvalue weighted by Gasteiger charge is -2.27. The number of hydrogen-bond acceptors (Lipinski definition) is 3. The quantitative estimate of drug-likeness (QED) is 0.659. The Bertz CT molecular complexity index is 854. The van der Waals surface area contributed by atoms with Crippen LogP contribution in [0.25, 0.3) is 0 Å². The van der Waals surface area contributed by atoms with Gasteiger partial charge in [0.15, 0.2) is 17.5 Å². The van der Waals surface area contributed by atoms with Crippen molar-refractivity contribution in [1.29, 1.82) is 0 Å². The normalized spacial score (nSPS) is 15.3. The number of nitrogens with zero attached hydrogens (tertiary/aromatic N) is 2. The van der Waals surface area contributed by atoms with Crippen LogP contribution < -0.4 is 5.56 Å². The zero-order valence-electron chi connectivity index (χ0n) is 12.6. The van der Waals surface area contributed by atoms with Crippen LogP contribution in [0.2, 0.25) is 0 Å². The zero-order valence-corrected chi connectivity index (χ0v) is 12.6. The molecule has 2 heterocycles. The number of rotatable bonds is 2. The Morgan fingerprint density at radius 3 is 2.40 bits per heavy atom. The number of aromatic amines is 1. The molecule has 0 aliphatic carbocycles. The number of fused-ring (bicyclic) bond motifs is 1. The standard InChI is InChI=1S/C15H11F6N3O/c16-9-3-7(4-10(17)12(9)18)5-24-2-1-11-8(6-24)13(25)23-14(22-11)15(19,20)21/h3-4H,1-2,5-6H2,(H,22,23,25). The van der Waals surface area contributed by atoms with E-state index >= 15 is 0 Å². The van der Waals surface area contributed by atoms with Gasteiger partial charge in [-0.2, -0.15) is 13.2 Å². The molecular weight excluding hydrogens is 352 g/mol. The van der Waals surface area contributed by atoms with Crippen molar-refractivity contribution < 1.29 is 26.3 Å². The van der Waals surface area contributed by atoms with Gasteiger partial charge < -0.3 is 4.98 Å². The van der Waals surface area contributed by atoms with Crippen molar-refractivity contribution in [3.63, 3.8) is 0 Å². The highest BCUT2D eigenvalue weighted by atomic mass is 19.4. The third-order valence-electron chi connectivity index (χ3n) is 3.87. The summed E-state index contributed by atoms with van der Waals surface area (Å²) in [6, 6.07) is 1.67. The van der Waals surface area contributed by atoms with Crippen molar-refractivity contribution in [3.05, 3.63) is 62.6 Å². The molecule has 0 atom stereocenters. The molecule has 0 bridgehead atoms. The Hall–Kier alpha value is -2.36. The Balaban J connectivity index is 1.83. The van der Waals surface area contributed by atoms with Crippen molar-refractivity contribution >= 4 is 0 Å². The van der Waals surface area contributed by atoms with E-state index in [2.05, 4.69) is 4.98 Å². The van der Waals surface area contributed by atoms with Crippen molar-refractivity contribution in [2.75, 3.05) is 6.54 Å². The Morgan fingerprint density at radius 1 is 1.16 bits per heavy atom. The highest BCUT2D eigenvalue weighted by Gasteiger charge is 2.36. The first-order chi connectivity index (χ1) is 11.6. The van der Waals surface area contributed by atoms with E-state index in [1.807, 2.05) is 0 Å². The molecule has 134 valence electrons. The van der Waals surface area contributed by atoms with Crippen LogP contribution in [0.3, 0.4) is 0 Å². The molecule has 2 aromatic rings. The van der Waals surface area contributed by atoms with Crippen LogP contribution in [-0.4, -0.2) is 21.4 Å². The molecular formula is C15H11F6N3O. The summed E-state index contributed by atoms with van der Waals surface area (Å²) in [6.45, 7) is 0.214. The number of nitrogens with one attached hydrogen (secondary N) is 1. The SMILES string of the molecule is O=c1[nH]c(C(F)(F)F)nc2c1CN(Cc1cc(F)c(F)c(F)c1)CC2. The first kappa shape index (κ1) is 17.5. The minimum Gasteiger partial charge on any atom is -0.303 e. The lowest BCUT2D eigenvalue weighted by atomic mass is 10.1. The number of aromatic nitrogens is 2. The van der Waals surface area contributed by atoms with Gasteiger partial charge in [0.1, 0.15) is 0 Å². The third-order valence-corrected chi connectivity index (χ3v) is 3.87. The fourth-order valence-corrected chi connectivity index (χ4v) is 2.71. The van der Waals surface area contributed by atoms with E-state index in [1.165, 1.54) is 0 Å². The Kier molecular flexibility index (Phi) is 4.31. The first-order valence-corrected chi connectivity index (χ1v) is 7.20. The van der Waals surface area contributed by atoms with Crippen LogP contribution in [0.5, 0.6) is 0 Å². The average Bonchev–Trinajstić information content (AvgIpc) is 2.52. The largest absolute Gasteiger partial charge is 0.449 e. The zero-order chi connectivity index (χ0) is 18.4.